The molecule has 3 rings (SSSR count). The standard InChI is InChI=1S/C19H19N3O5S/c1-24-13-6-4-12(5-7-13)20-17(23)11-28-19-22-21-18(27-19)15-10-14(25-2)8-9-16(15)26-3/h4-10H,11H2,1-3H3,(H,20,23). The second-order valence-electron chi connectivity index (χ2n) is 5.50. The zero-order valence-corrected chi connectivity index (χ0v) is 16.4. The van der Waals surface area contributed by atoms with E-state index in [1.54, 1.807) is 63.8 Å². The number of carbonyl (C=O) groups excluding carboxylic acids is 1. The summed E-state index contributed by atoms with van der Waals surface area (Å²) in [7, 11) is 4.72. The maximum Gasteiger partial charge on any atom is 0.277 e. The van der Waals surface area contributed by atoms with Crippen molar-refractivity contribution in [1.29, 1.82) is 0 Å². The average molecular weight is 401 g/mol. The van der Waals surface area contributed by atoms with Crippen LogP contribution < -0.4 is 19.5 Å². The lowest BCUT2D eigenvalue weighted by molar-refractivity contribution is -0.113. The molecule has 0 radical (unpaired) electrons. The molecule has 1 N–H and O–H groups in total. The van der Waals surface area contributed by atoms with Gasteiger partial charge in [0, 0.05) is 5.69 Å². The van der Waals surface area contributed by atoms with Crippen LogP contribution in [0.4, 0.5) is 5.69 Å². The molecule has 0 atom stereocenters. The Balaban J connectivity index is 1.62. The molecule has 0 aliphatic heterocycles. The van der Waals surface area contributed by atoms with Gasteiger partial charge in [-0.1, -0.05) is 11.8 Å². The number of carbonyl (C=O) groups is 1. The molecule has 0 bridgehead atoms. The zero-order chi connectivity index (χ0) is 19.9. The summed E-state index contributed by atoms with van der Waals surface area (Å²) in [6.07, 6.45) is 0. The van der Waals surface area contributed by atoms with Gasteiger partial charge in [0.15, 0.2) is 0 Å². The predicted molar refractivity (Wildman–Crippen MR) is 105 cm³/mol. The van der Waals surface area contributed by atoms with E-state index in [9.17, 15) is 4.79 Å². The van der Waals surface area contributed by atoms with Gasteiger partial charge in [-0.25, -0.2) is 0 Å². The number of rotatable bonds is 8. The topological polar surface area (TPSA) is 95.7 Å². The molecular formula is C19H19N3O5S. The second kappa shape index (κ2) is 9.14. The molecule has 0 aliphatic carbocycles. The highest BCUT2D eigenvalue weighted by molar-refractivity contribution is 7.99. The molecule has 2 aromatic carbocycles. The van der Waals surface area contributed by atoms with Crippen LogP contribution in [-0.4, -0.2) is 43.2 Å². The van der Waals surface area contributed by atoms with Crippen LogP contribution in [-0.2, 0) is 4.79 Å². The van der Waals surface area contributed by atoms with Gasteiger partial charge in [0.1, 0.15) is 17.2 Å². The lowest BCUT2D eigenvalue weighted by Gasteiger charge is -2.07. The SMILES string of the molecule is COc1ccc(NC(=O)CSc2nnc(-c3cc(OC)ccc3OC)o2)cc1. The lowest BCUT2D eigenvalue weighted by Crippen LogP contribution is -2.13. The highest BCUT2D eigenvalue weighted by Crippen LogP contribution is 2.33. The Morgan fingerprint density at radius 1 is 1.00 bits per heavy atom. The predicted octanol–water partition coefficient (Wildman–Crippen LogP) is 3.49. The largest absolute Gasteiger partial charge is 0.497 e. The van der Waals surface area contributed by atoms with Crippen LogP contribution in [0.2, 0.25) is 0 Å². The van der Waals surface area contributed by atoms with Crippen molar-refractivity contribution in [3.63, 3.8) is 0 Å². The Morgan fingerprint density at radius 2 is 1.71 bits per heavy atom. The molecule has 0 unspecified atom stereocenters. The Labute approximate surface area is 166 Å². The number of hydrogen-bond donors (Lipinski definition) is 1. The van der Waals surface area contributed by atoms with Crippen molar-refractivity contribution in [3.8, 4) is 28.7 Å². The summed E-state index contributed by atoms with van der Waals surface area (Å²) in [6, 6.07) is 12.4. The van der Waals surface area contributed by atoms with E-state index in [1.807, 2.05) is 0 Å². The van der Waals surface area contributed by atoms with E-state index in [4.69, 9.17) is 18.6 Å². The number of methoxy groups -OCH3 is 3. The molecule has 1 aromatic heterocycles. The average Bonchev–Trinajstić information content (AvgIpc) is 3.21. The van der Waals surface area contributed by atoms with Crippen LogP contribution in [0.5, 0.6) is 17.2 Å². The Morgan fingerprint density at radius 3 is 2.39 bits per heavy atom. The van der Waals surface area contributed by atoms with Crippen molar-refractivity contribution in [2.75, 3.05) is 32.4 Å². The van der Waals surface area contributed by atoms with E-state index in [0.29, 0.717) is 22.7 Å². The second-order valence-corrected chi connectivity index (χ2v) is 6.43. The van der Waals surface area contributed by atoms with E-state index in [0.717, 1.165) is 17.5 Å². The zero-order valence-electron chi connectivity index (χ0n) is 15.6. The van der Waals surface area contributed by atoms with Crippen molar-refractivity contribution in [3.05, 3.63) is 42.5 Å². The van der Waals surface area contributed by atoms with Crippen LogP contribution in [0.3, 0.4) is 0 Å². The quantitative estimate of drug-likeness (QED) is 0.573. The van der Waals surface area contributed by atoms with Crippen LogP contribution in [0.25, 0.3) is 11.5 Å². The van der Waals surface area contributed by atoms with Gasteiger partial charge in [0.2, 0.25) is 5.91 Å². The molecule has 146 valence electrons. The maximum atomic E-state index is 12.1. The van der Waals surface area contributed by atoms with Crippen molar-refractivity contribution >= 4 is 23.4 Å². The Bertz CT molecular complexity index is 943. The molecule has 0 spiro atoms. The fourth-order valence-electron chi connectivity index (χ4n) is 2.36. The molecule has 1 heterocycles. The summed E-state index contributed by atoms with van der Waals surface area (Å²) in [5.74, 6) is 2.17. The summed E-state index contributed by atoms with van der Waals surface area (Å²) in [5.41, 5.74) is 1.29. The highest BCUT2D eigenvalue weighted by Gasteiger charge is 2.16. The summed E-state index contributed by atoms with van der Waals surface area (Å²) in [5, 5.41) is 11.1. The molecular weight excluding hydrogens is 382 g/mol. The van der Waals surface area contributed by atoms with Crippen molar-refractivity contribution < 1.29 is 23.4 Å². The number of thioether (sulfide) groups is 1. The lowest BCUT2D eigenvalue weighted by atomic mass is 10.2. The number of nitrogens with one attached hydrogen (secondary N) is 1. The fourth-order valence-corrected chi connectivity index (χ4v) is 2.92. The first-order valence-electron chi connectivity index (χ1n) is 8.25. The molecule has 9 heteroatoms. The summed E-state index contributed by atoms with van der Waals surface area (Å²) in [4.78, 5) is 12.1. The van der Waals surface area contributed by atoms with Crippen molar-refractivity contribution in [1.82, 2.24) is 10.2 Å². The first kappa shape index (κ1) is 19.6. The number of benzene rings is 2. The Hall–Kier alpha value is -3.20. The van der Waals surface area contributed by atoms with Crippen LogP contribution in [0.1, 0.15) is 0 Å². The van der Waals surface area contributed by atoms with E-state index in [-0.39, 0.29) is 22.8 Å². The third-order valence-corrected chi connectivity index (χ3v) is 4.56. The first-order valence-corrected chi connectivity index (χ1v) is 9.24. The number of ether oxygens (including phenoxy) is 3. The molecule has 0 saturated carbocycles. The molecule has 8 nitrogen and oxygen atoms in total. The van der Waals surface area contributed by atoms with Crippen molar-refractivity contribution in [2.45, 2.75) is 5.22 Å². The summed E-state index contributed by atoms with van der Waals surface area (Å²) >= 11 is 1.15. The van der Waals surface area contributed by atoms with Gasteiger partial charge in [0.05, 0.1) is 32.6 Å². The van der Waals surface area contributed by atoms with Gasteiger partial charge in [-0.2, -0.15) is 0 Å². The smallest absolute Gasteiger partial charge is 0.277 e. The summed E-state index contributed by atoms with van der Waals surface area (Å²) in [6.45, 7) is 0. The van der Waals surface area contributed by atoms with Gasteiger partial charge in [-0.05, 0) is 42.5 Å². The van der Waals surface area contributed by atoms with E-state index in [1.165, 1.54) is 0 Å². The van der Waals surface area contributed by atoms with Crippen LogP contribution >= 0.6 is 11.8 Å². The third kappa shape index (κ3) is 4.74. The molecule has 0 fully saturated rings. The molecule has 0 saturated heterocycles. The van der Waals surface area contributed by atoms with Gasteiger partial charge >= 0.3 is 0 Å². The summed E-state index contributed by atoms with van der Waals surface area (Å²) < 4.78 is 21.3. The van der Waals surface area contributed by atoms with Gasteiger partial charge < -0.3 is 23.9 Å². The van der Waals surface area contributed by atoms with Gasteiger partial charge in [-0.15, -0.1) is 10.2 Å². The van der Waals surface area contributed by atoms with E-state index >= 15 is 0 Å². The normalized spacial score (nSPS) is 10.4. The van der Waals surface area contributed by atoms with E-state index in [2.05, 4.69) is 15.5 Å². The molecule has 3 aromatic rings. The third-order valence-electron chi connectivity index (χ3n) is 3.74. The minimum atomic E-state index is -0.186. The monoisotopic (exact) mass is 401 g/mol. The first-order chi connectivity index (χ1) is 13.6. The highest BCUT2D eigenvalue weighted by atomic mass is 32.2. The number of hydrogen-bond acceptors (Lipinski definition) is 8. The number of nitrogens with zero attached hydrogens (tertiary/aromatic N) is 2. The minimum absolute atomic E-state index is 0.128. The molecule has 28 heavy (non-hydrogen) atoms. The number of aromatic nitrogens is 2. The molecule has 0 aliphatic rings. The number of amides is 1. The van der Waals surface area contributed by atoms with Gasteiger partial charge in [-0.3, -0.25) is 4.79 Å². The van der Waals surface area contributed by atoms with E-state index < -0.39 is 0 Å². The van der Waals surface area contributed by atoms with Gasteiger partial charge in [0.25, 0.3) is 11.1 Å². The molecule has 1 amide bonds. The fraction of sp³-hybridized carbons (Fsp3) is 0.211. The number of anilines is 1. The maximum absolute atomic E-state index is 12.1. The van der Waals surface area contributed by atoms with Crippen LogP contribution in [0.15, 0.2) is 52.1 Å². The van der Waals surface area contributed by atoms with Crippen LogP contribution in [0, 0.1) is 0 Å². The minimum Gasteiger partial charge on any atom is -0.497 e. The Kier molecular flexibility index (Phi) is 6.38. The van der Waals surface area contributed by atoms with Crippen molar-refractivity contribution in [2.24, 2.45) is 0 Å².